The molecular weight excluding hydrogens is 368 g/mol. The van der Waals surface area contributed by atoms with Gasteiger partial charge in [-0.1, -0.05) is 22.9 Å². The number of hydrogen-bond donors (Lipinski definition) is 0. The molecule has 0 spiro atoms. The molecule has 1 aliphatic heterocycles. The molecule has 0 N–H and O–H groups in total. The third-order valence-electron chi connectivity index (χ3n) is 5.01. The maximum Gasteiger partial charge on any atom is 0.276 e. The first-order valence-corrected chi connectivity index (χ1v) is 9.64. The Morgan fingerprint density at radius 3 is 2.48 bits per heavy atom. The van der Waals surface area contributed by atoms with Gasteiger partial charge in [0, 0.05) is 55.8 Å². The third-order valence-corrected chi connectivity index (χ3v) is 5.01. The predicted octanol–water partition coefficient (Wildman–Crippen LogP) is 3.03. The normalized spacial score (nSPS) is 14.5. The molecule has 0 radical (unpaired) electrons. The Morgan fingerprint density at radius 2 is 1.76 bits per heavy atom. The van der Waals surface area contributed by atoms with Crippen molar-refractivity contribution in [1.29, 1.82) is 0 Å². The molecule has 148 valence electrons. The summed E-state index contributed by atoms with van der Waals surface area (Å²) < 4.78 is 5.32. The molecular formula is C22H22N4O3. The largest absolute Gasteiger partial charge is 0.355 e. The highest BCUT2D eigenvalue weighted by atomic mass is 16.5. The molecule has 1 fully saturated rings. The lowest BCUT2D eigenvalue weighted by Crippen LogP contribution is -2.37. The maximum absolute atomic E-state index is 12.9. The molecule has 7 nitrogen and oxygen atoms in total. The van der Waals surface area contributed by atoms with Crippen LogP contribution in [0.1, 0.15) is 32.8 Å². The van der Waals surface area contributed by atoms with E-state index in [1.807, 2.05) is 42.2 Å². The van der Waals surface area contributed by atoms with E-state index in [4.69, 9.17) is 4.52 Å². The molecule has 0 unspecified atom stereocenters. The molecule has 0 atom stereocenters. The Bertz CT molecular complexity index is 1020. The van der Waals surface area contributed by atoms with Crippen LogP contribution in [0.2, 0.25) is 0 Å². The van der Waals surface area contributed by atoms with Crippen molar-refractivity contribution in [1.82, 2.24) is 19.9 Å². The van der Waals surface area contributed by atoms with Crippen molar-refractivity contribution < 1.29 is 14.1 Å². The van der Waals surface area contributed by atoms with Gasteiger partial charge in [-0.2, -0.15) is 0 Å². The SMILES string of the molecule is Cc1cccc(C(=O)N2CCCN(C(=O)c3cc(-c4cccnc4)on3)CC2)c1. The van der Waals surface area contributed by atoms with E-state index < -0.39 is 0 Å². The zero-order chi connectivity index (χ0) is 20.2. The van der Waals surface area contributed by atoms with Crippen molar-refractivity contribution in [3.63, 3.8) is 0 Å². The second kappa shape index (κ2) is 8.26. The van der Waals surface area contributed by atoms with Crippen molar-refractivity contribution >= 4 is 11.8 Å². The third kappa shape index (κ3) is 4.18. The highest BCUT2D eigenvalue weighted by molar-refractivity contribution is 5.95. The van der Waals surface area contributed by atoms with Crippen molar-refractivity contribution in [3.8, 4) is 11.3 Å². The highest BCUT2D eigenvalue weighted by Crippen LogP contribution is 2.20. The van der Waals surface area contributed by atoms with Gasteiger partial charge in [-0.25, -0.2) is 0 Å². The average Bonchev–Trinajstić information content (AvgIpc) is 3.12. The standard InChI is InChI=1S/C22H22N4O3/c1-16-5-2-6-17(13-16)21(27)25-9-4-10-26(12-11-25)22(28)19-14-20(29-24-19)18-7-3-8-23-15-18/h2-3,5-8,13-15H,4,9-12H2,1H3. The van der Waals surface area contributed by atoms with Gasteiger partial charge in [0.1, 0.15) is 0 Å². The topological polar surface area (TPSA) is 79.5 Å². The molecule has 0 bridgehead atoms. The molecule has 0 aliphatic carbocycles. The van der Waals surface area contributed by atoms with Crippen LogP contribution in [0.4, 0.5) is 0 Å². The molecule has 3 aromatic rings. The lowest BCUT2D eigenvalue weighted by Gasteiger charge is -2.21. The summed E-state index contributed by atoms with van der Waals surface area (Å²) in [6, 6.07) is 12.9. The second-order valence-electron chi connectivity index (χ2n) is 7.13. The lowest BCUT2D eigenvalue weighted by atomic mass is 10.1. The van der Waals surface area contributed by atoms with Gasteiger partial charge in [0.05, 0.1) is 0 Å². The van der Waals surface area contributed by atoms with Crippen LogP contribution in [-0.4, -0.2) is 57.9 Å². The summed E-state index contributed by atoms with van der Waals surface area (Å²) in [5.41, 5.74) is 2.77. The first-order valence-electron chi connectivity index (χ1n) is 9.64. The second-order valence-corrected chi connectivity index (χ2v) is 7.13. The van der Waals surface area contributed by atoms with E-state index in [2.05, 4.69) is 10.1 Å². The molecule has 7 heteroatoms. The number of hydrogen-bond acceptors (Lipinski definition) is 5. The van der Waals surface area contributed by atoms with Gasteiger partial charge < -0.3 is 14.3 Å². The number of nitrogens with zero attached hydrogens (tertiary/aromatic N) is 4. The Morgan fingerprint density at radius 1 is 0.966 bits per heavy atom. The average molecular weight is 390 g/mol. The maximum atomic E-state index is 12.9. The van der Waals surface area contributed by atoms with Crippen LogP contribution in [0, 0.1) is 6.92 Å². The number of aryl methyl sites for hydroxylation is 1. The lowest BCUT2D eigenvalue weighted by molar-refractivity contribution is 0.0713. The fourth-order valence-corrected chi connectivity index (χ4v) is 3.47. The number of carbonyl (C=O) groups excluding carboxylic acids is 2. The summed E-state index contributed by atoms with van der Waals surface area (Å²) in [7, 11) is 0. The smallest absolute Gasteiger partial charge is 0.276 e. The molecule has 2 amide bonds. The van der Waals surface area contributed by atoms with Crippen molar-refractivity contribution in [2.24, 2.45) is 0 Å². The van der Waals surface area contributed by atoms with Gasteiger partial charge in [-0.3, -0.25) is 14.6 Å². The summed E-state index contributed by atoms with van der Waals surface area (Å²) in [5, 5.41) is 3.94. The van der Waals surface area contributed by atoms with Gasteiger partial charge in [-0.15, -0.1) is 0 Å². The Kier molecular flexibility index (Phi) is 5.37. The zero-order valence-electron chi connectivity index (χ0n) is 16.2. The number of carbonyl (C=O) groups is 2. The molecule has 1 aliphatic rings. The van der Waals surface area contributed by atoms with E-state index in [0.29, 0.717) is 37.5 Å². The monoisotopic (exact) mass is 390 g/mol. The highest BCUT2D eigenvalue weighted by Gasteiger charge is 2.25. The predicted molar refractivity (Wildman–Crippen MR) is 107 cm³/mol. The summed E-state index contributed by atoms with van der Waals surface area (Å²) in [4.78, 5) is 33.3. The van der Waals surface area contributed by atoms with E-state index in [0.717, 1.165) is 17.5 Å². The van der Waals surface area contributed by atoms with Crippen LogP contribution in [-0.2, 0) is 0 Å². The summed E-state index contributed by atoms with van der Waals surface area (Å²) in [6.45, 7) is 4.12. The number of amides is 2. The Hall–Kier alpha value is -3.48. The van der Waals surface area contributed by atoms with E-state index in [-0.39, 0.29) is 17.5 Å². The van der Waals surface area contributed by atoms with E-state index in [1.54, 1.807) is 29.4 Å². The minimum Gasteiger partial charge on any atom is -0.355 e. The van der Waals surface area contributed by atoms with Crippen LogP contribution >= 0.6 is 0 Å². The van der Waals surface area contributed by atoms with Crippen molar-refractivity contribution in [2.75, 3.05) is 26.2 Å². The van der Waals surface area contributed by atoms with Crippen molar-refractivity contribution in [3.05, 3.63) is 71.7 Å². The van der Waals surface area contributed by atoms with E-state index in [1.165, 1.54) is 0 Å². The van der Waals surface area contributed by atoms with Crippen LogP contribution < -0.4 is 0 Å². The molecule has 2 aromatic heterocycles. The first kappa shape index (κ1) is 18.9. The molecule has 1 aromatic carbocycles. The van der Waals surface area contributed by atoms with E-state index in [9.17, 15) is 9.59 Å². The first-order chi connectivity index (χ1) is 14.1. The number of pyridine rings is 1. The molecule has 3 heterocycles. The van der Waals surface area contributed by atoms with Crippen LogP contribution in [0.5, 0.6) is 0 Å². The minimum atomic E-state index is -0.186. The summed E-state index contributed by atoms with van der Waals surface area (Å²) in [6.07, 6.45) is 4.05. The molecule has 4 rings (SSSR count). The van der Waals surface area contributed by atoms with Gasteiger partial charge in [-0.05, 0) is 37.6 Å². The fraction of sp³-hybridized carbons (Fsp3) is 0.273. The van der Waals surface area contributed by atoms with Gasteiger partial charge in [0.2, 0.25) is 0 Å². The Labute approximate surface area is 168 Å². The summed E-state index contributed by atoms with van der Waals surface area (Å²) >= 11 is 0. The van der Waals surface area contributed by atoms with Crippen LogP contribution in [0.25, 0.3) is 11.3 Å². The van der Waals surface area contributed by atoms with Gasteiger partial charge in [0.25, 0.3) is 11.8 Å². The Balaban J connectivity index is 1.43. The van der Waals surface area contributed by atoms with Crippen LogP contribution in [0.15, 0.2) is 59.4 Å². The number of benzene rings is 1. The fourth-order valence-electron chi connectivity index (χ4n) is 3.47. The number of aromatic nitrogens is 2. The minimum absolute atomic E-state index is 0.00305. The quantitative estimate of drug-likeness (QED) is 0.687. The van der Waals surface area contributed by atoms with Gasteiger partial charge in [0.15, 0.2) is 11.5 Å². The van der Waals surface area contributed by atoms with Crippen LogP contribution in [0.3, 0.4) is 0 Å². The summed E-state index contributed by atoms with van der Waals surface area (Å²) in [5.74, 6) is 0.324. The molecule has 1 saturated heterocycles. The van der Waals surface area contributed by atoms with Crippen molar-refractivity contribution in [2.45, 2.75) is 13.3 Å². The van der Waals surface area contributed by atoms with E-state index >= 15 is 0 Å². The van der Waals surface area contributed by atoms with Gasteiger partial charge >= 0.3 is 0 Å². The molecule has 29 heavy (non-hydrogen) atoms. The number of rotatable bonds is 3. The molecule has 0 saturated carbocycles. The zero-order valence-corrected chi connectivity index (χ0v) is 16.2.